The van der Waals surface area contributed by atoms with E-state index in [0.29, 0.717) is 22.8 Å². The van der Waals surface area contributed by atoms with E-state index in [1.807, 2.05) is 47.4 Å². The van der Waals surface area contributed by atoms with E-state index in [0.717, 1.165) is 42.3 Å². The molecule has 9 nitrogen and oxygen atoms in total. The highest BCUT2D eigenvalue weighted by Gasteiger charge is 2.24. The SMILES string of the molecule is COCCS(=O)(=O)N(Cc1ccc2ccc(C(=N)N)cc2c1)c1ccc(OC2CCN(C(C)=N)CC2)cc1. The van der Waals surface area contributed by atoms with Crippen LogP contribution in [0.2, 0.25) is 0 Å². The lowest BCUT2D eigenvalue weighted by molar-refractivity contribution is 0.130. The molecule has 1 heterocycles. The third-order valence-corrected chi connectivity index (χ3v) is 8.46. The quantitative estimate of drug-likeness (QED) is 0.265. The predicted molar refractivity (Wildman–Crippen MR) is 152 cm³/mol. The molecule has 0 aromatic heterocycles. The zero-order chi connectivity index (χ0) is 27.3. The molecule has 0 bridgehead atoms. The molecule has 3 aromatic rings. The summed E-state index contributed by atoms with van der Waals surface area (Å²) >= 11 is 0. The van der Waals surface area contributed by atoms with E-state index in [1.54, 1.807) is 25.1 Å². The van der Waals surface area contributed by atoms with Gasteiger partial charge in [0.2, 0.25) is 10.0 Å². The number of nitrogens with zero attached hydrogens (tertiary/aromatic N) is 2. The summed E-state index contributed by atoms with van der Waals surface area (Å²) in [6.45, 7) is 3.63. The van der Waals surface area contributed by atoms with Crippen molar-refractivity contribution in [2.45, 2.75) is 32.4 Å². The largest absolute Gasteiger partial charge is 0.490 e. The molecule has 0 saturated carbocycles. The van der Waals surface area contributed by atoms with Gasteiger partial charge in [0.1, 0.15) is 17.7 Å². The fourth-order valence-corrected chi connectivity index (χ4v) is 5.96. The molecule has 1 saturated heterocycles. The molecule has 4 rings (SSSR count). The highest BCUT2D eigenvalue weighted by atomic mass is 32.2. The monoisotopic (exact) mass is 537 g/mol. The molecule has 0 radical (unpaired) electrons. The van der Waals surface area contributed by atoms with Crippen LogP contribution in [0.5, 0.6) is 5.75 Å². The Hall–Kier alpha value is -3.63. The summed E-state index contributed by atoms with van der Waals surface area (Å²) in [7, 11) is -2.20. The van der Waals surface area contributed by atoms with E-state index < -0.39 is 10.0 Å². The molecule has 1 aliphatic rings. The molecule has 0 spiro atoms. The minimum Gasteiger partial charge on any atom is -0.490 e. The van der Waals surface area contributed by atoms with E-state index in [9.17, 15) is 8.42 Å². The van der Waals surface area contributed by atoms with Crippen LogP contribution in [0, 0.1) is 10.8 Å². The summed E-state index contributed by atoms with van der Waals surface area (Å²) in [6, 6.07) is 18.5. The third kappa shape index (κ3) is 6.62. The maximum atomic E-state index is 13.3. The van der Waals surface area contributed by atoms with Crippen molar-refractivity contribution in [3.8, 4) is 5.75 Å². The number of nitrogens with one attached hydrogen (secondary N) is 2. The van der Waals surface area contributed by atoms with Crippen molar-refractivity contribution in [2.75, 3.05) is 36.9 Å². The third-order valence-electron chi connectivity index (χ3n) is 6.77. The lowest BCUT2D eigenvalue weighted by atomic mass is 10.0. The van der Waals surface area contributed by atoms with Gasteiger partial charge in [-0.25, -0.2) is 8.42 Å². The first-order chi connectivity index (χ1) is 18.2. The number of piperidine rings is 1. The van der Waals surface area contributed by atoms with Crippen LogP contribution in [0.15, 0.2) is 60.7 Å². The zero-order valence-electron chi connectivity index (χ0n) is 21.8. The van der Waals surface area contributed by atoms with Gasteiger partial charge in [0.25, 0.3) is 0 Å². The van der Waals surface area contributed by atoms with E-state index in [-0.39, 0.29) is 30.8 Å². The summed E-state index contributed by atoms with van der Waals surface area (Å²) in [5.74, 6) is 1.11. The van der Waals surface area contributed by atoms with Gasteiger partial charge < -0.3 is 20.1 Å². The normalized spacial score (nSPS) is 14.4. The van der Waals surface area contributed by atoms with Crippen molar-refractivity contribution in [2.24, 2.45) is 5.73 Å². The van der Waals surface area contributed by atoms with E-state index >= 15 is 0 Å². The van der Waals surface area contributed by atoms with E-state index in [1.165, 1.54) is 11.4 Å². The zero-order valence-corrected chi connectivity index (χ0v) is 22.6. The molecule has 1 fully saturated rings. The number of sulfonamides is 1. The highest BCUT2D eigenvalue weighted by Crippen LogP contribution is 2.27. The van der Waals surface area contributed by atoms with Gasteiger partial charge in [0.15, 0.2) is 0 Å². The molecule has 0 atom stereocenters. The molecule has 38 heavy (non-hydrogen) atoms. The van der Waals surface area contributed by atoms with Gasteiger partial charge in [-0.3, -0.25) is 15.1 Å². The number of anilines is 1. The first-order valence-electron chi connectivity index (χ1n) is 12.6. The van der Waals surface area contributed by atoms with Crippen LogP contribution in [-0.2, 0) is 21.3 Å². The number of rotatable bonds is 10. The van der Waals surface area contributed by atoms with Crippen molar-refractivity contribution in [3.05, 3.63) is 71.8 Å². The minimum atomic E-state index is -3.68. The number of amidine groups is 2. The molecule has 10 heteroatoms. The van der Waals surface area contributed by atoms with Gasteiger partial charge in [-0.2, -0.15) is 0 Å². The Morgan fingerprint density at radius 3 is 2.34 bits per heavy atom. The van der Waals surface area contributed by atoms with Crippen molar-refractivity contribution >= 4 is 38.2 Å². The number of nitrogen functional groups attached to an aromatic ring is 1. The van der Waals surface area contributed by atoms with Crippen LogP contribution >= 0.6 is 0 Å². The summed E-state index contributed by atoms with van der Waals surface area (Å²) in [6.07, 6.45) is 1.74. The molecule has 0 unspecified atom stereocenters. The smallest absolute Gasteiger partial charge is 0.237 e. The number of benzene rings is 3. The standard InChI is InChI=1S/C28H35N5O4S/c1-20(29)32-13-11-27(12-14-32)37-26-9-7-25(8-10-26)33(38(34,35)16-15-36-2)19-21-3-4-22-5-6-23(28(30)31)18-24(22)17-21/h3-10,17-18,27,29H,11-16,19H2,1-2H3,(H3,30,31). The molecular formula is C28H35N5O4S. The van der Waals surface area contributed by atoms with Crippen LogP contribution in [0.3, 0.4) is 0 Å². The van der Waals surface area contributed by atoms with Gasteiger partial charge in [0.05, 0.1) is 30.4 Å². The number of fused-ring (bicyclic) bond motifs is 1. The molecule has 202 valence electrons. The number of likely N-dealkylation sites (tertiary alicyclic amines) is 1. The second kappa shape index (κ2) is 11.8. The summed E-state index contributed by atoms with van der Waals surface area (Å²) < 4.78 is 39.3. The van der Waals surface area contributed by atoms with Gasteiger partial charge in [0, 0.05) is 38.6 Å². The van der Waals surface area contributed by atoms with Gasteiger partial charge >= 0.3 is 0 Å². The maximum absolute atomic E-state index is 13.3. The lowest BCUT2D eigenvalue weighted by Gasteiger charge is -2.33. The average Bonchev–Trinajstić information content (AvgIpc) is 2.91. The number of methoxy groups -OCH3 is 1. The Kier molecular flexibility index (Phi) is 8.53. The average molecular weight is 538 g/mol. The van der Waals surface area contributed by atoms with Crippen molar-refractivity contribution in [1.29, 1.82) is 10.8 Å². The number of hydrogen-bond donors (Lipinski definition) is 3. The maximum Gasteiger partial charge on any atom is 0.237 e. The minimum absolute atomic E-state index is 0.0150. The fraction of sp³-hybridized carbons (Fsp3) is 0.357. The van der Waals surface area contributed by atoms with Gasteiger partial charge in [-0.05, 0) is 59.7 Å². The van der Waals surface area contributed by atoms with Crippen molar-refractivity contribution < 1.29 is 17.9 Å². The Labute approximate surface area is 224 Å². The number of hydrogen-bond acceptors (Lipinski definition) is 6. The molecule has 0 aliphatic carbocycles. The molecule has 1 aliphatic heterocycles. The Morgan fingerprint density at radius 2 is 1.71 bits per heavy atom. The first kappa shape index (κ1) is 27.4. The summed E-state index contributed by atoms with van der Waals surface area (Å²) in [4.78, 5) is 2.04. The predicted octanol–water partition coefficient (Wildman–Crippen LogP) is 3.95. The molecule has 3 aromatic carbocycles. The van der Waals surface area contributed by atoms with Crippen molar-refractivity contribution in [3.63, 3.8) is 0 Å². The first-order valence-corrected chi connectivity index (χ1v) is 14.2. The van der Waals surface area contributed by atoms with E-state index in [2.05, 4.69) is 0 Å². The van der Waals surface area contributed by atoms with Gasteiger partial charge in [-0.1, -0.05) is 24.3 Å². The number of ether oxygens (including phenoxy) is 2. The summed E-state index contributed by atoms with van der Waals surface area (Å²) in [5.41, 5.74) is 7.63. The second-order valence-corrected chi connectivity index (χ2v) is 11.5. The molecular weight excluding hydrogens is 502 g/mol. The molecule has 4 N–H and O–H groups in total. The van der Waals surface area contributed by atoms with Crippen LogP contribution < -0.4 is 14.8 Å². The van der Waals surface area contributed by atoms with Gasteiger partial charge in [-0.15, -0.1) is 0 Å². The number of nitrogens with two attached hydrogens (primary N) is 1. The Bertz CT molecular complexity index is 1400. The second-order valence-electron chi connectivity index (χ2n) is 9.51. The topological polar surface area (TPSA) is 133 Å². The van der Waals surface area contributed by atoms with Crippen molar-refractivity contribution in [1.82, 2.24) is 4.90 Å². The van der Waals surface area contributed by atoms with E-state index in [4.69, 9.17) is 26.0 Å². The van der Waals surface area contributed by atoms with Crippen LogP contribution in [0.25, 0.3) is 10.8 Å². The van der Waals surface area contributed by atoms with Crippen LogP contribution in [-0.4, -0.2) is 63.7 Å². The van der Waals surface area contributed by atoms with Crippen LogP contribution in [0.4, 0.5) is 5.69 Å². The summed E-state index contributed by atoms with van der Waals surface area (Å²) in [5, 5.41) is 17.4. The fourth-order valence-electron chi connectivity index (χ4n) is 4.57. The highest BCUT2D eigenvalue weighted by molar-refractivity contribution is 7.92. The molecule has 0 amide bonds. The van der Waals surface area contributed by atoms with Crippen LogP contribution in [0.1, 0.15) is 30.9 Å². The Balaban J connectivity index is 1.55. The lowest BCUT2D eigenvalue weighted by Crippen LogP contribution is -2.40. The Morgan fingerprint density at radius 1 is 1.03 bits per heavy atom.